The molecular weight excluding hydrogens is 174 g/mol. The van der Waals surface area contributed by atoms with Crippen molar-refractivity contribution in [3.05, 3.63) is 18.2 Å². The minimum atomic E-state index is 0.744. The summed E-state index contributed by atoms with van der Waals surface area (Å²) >= 11 is 0. The Balaban J connectivity index is 2.39. The summed E-state index contributed by atoms with van der Waals surface area (Å²) < 4.78 is 2.17. The summed E-state index contributed by atoms with van der Waals surface area (Å²) in [5.74, 6) is 5.82. The van der Waals surface area contributed by atoms with Gasteiger partial charge in [0.05, 0.1) is 18.6 Å². The third-order valence-corrected chi connectivity index (χ3v) is 1.96. The van der Waals surface area contributed by atoms with Crippen molar-refractivity contribution in [3.63, 3.8) is 0 Å². The molecule has 1 aromatic heterocycles. The van der Waals surface area contributed by atoms with Crippen molar-refractivity contribution in [2.45, 2.75) is 33.4 Å². The van der Waals surface area contributed by atoms with Crippen molar-refractivity contribution in [2.75, 3.05) is 6.54 Å². The number of hydrogen-bond donors (Lipinski definition) is 1. The van der Waals surface area contributed by atoms with E-state index < -0.39 is 0 Å². The lowest BCUT2D eigenvalue weighted by Gasteiger charge is -2.05. The van der Waals surface area contributed by atoms with E-state index in [4.69, 9.17) is 0 Å². The van der Waals surface area contributed by atoms with Gasteiger partial charge < -0.3 is 9.88 Å². The van der Waals surface area contributed by atoms with Crippen molar-refractivity contribution in [3.8, 4) is 11.8 Å². The summed E-state index contributed by atoms with van der Waals surface area (Å²) in [5.41, 5.74) is 1.23. The molecule has 0 atom stereocenters. The minimum absolute atomic E-state index is 0.744. The number of hydrogen-bond acceptors (Lipinski definition) is 2. The van der Waals surface area contributed by atoms with Crippen molar-refractivity contribution < 1.29 is 0 Å². The predicted molar refractivity (Wildman–Crippen MR) is 57.7 cm³/mol. The fraction of sp³-hybridized carbons (Fsp3) is 0.545. The van der Waals surface area contributed by atoms with Crippen molar-refractivity contribution in [2.24, 2.45) is 0 Å². The molecule has 3 nitrogen and oxygen atoms in total. The molecule has 0 fully saturated rings. The molecule has 0 radical (unpaired) electrons. The van der Waals surface area contributed by atoms with Crippen LogP contribution in [0.5, 0.6) is 0 Å². The average molecular weight is 191 g/mol. The Labute approximate surface area is 85.5 Å². The molecule has 1 heterocycles. The van der Waals surface area contributed by atoms with Gasteiger partial charge in [-0.1, -0.05) is 12.8 Å². The van der Waals surface area contributed by atoms with E-state index in [1.165, 1.54) is 5.69 Å². The maximum absolute atomic E-state index is 4.13. The summed E-state index contributed by atoms with van der Waals surface area (Å²) in [6.45, 7) is 6.64. The highest BCUT2D eigenvalue weighted by Gasteiger charge is 1.98. The monoisotopic (exact) mass is 191 g/mol. The number of aryl methyl sites for hydroxylation is 1. The van der Waals surface area contributed by atoms with E-state index in [9.17, 15) is 0 Å². The molecule has 14 heavy (non-hydrogen) atoms. The third-order valence-electron chi connectivity index (χ3n) is 1.96. The van der Waals surface area contributed by atoms with Gasteiger partial charge in [-0.3, -0.25) is 0 Å². The van der Waals surface area contributed by atoms with Gasteiger partial charge in [0.25, 0.3) is 0 Å². The zero-order chi connectivity index (χ0) is 10.2. The summed E-state index contributed by atoms with van der Waals surface area (Å²) in [7, 11) is 0. The number of nitrogens with one attached hydrogen (secondary N) is 1. The van der Waals surface area contributed by atoms with Gasteiger partial charge in [-0.2, -0.15) is 0 Å². The summed E-state index contributed by atoms with van der Waals surface area (Å²) in [5, 5.41) is 3.25. The lowest BCUT2D eigenvalue weighted by Crippen LogP contribution is -2.16. The smallest absolute Gasteiger partial charge is 0.0948 e. The Morgan fingerprint density at radius 3 is 3.14 bits per heavy atom. The van der Waals surface area contributed by atoms with Gasteiger partial charge in [0, 0.05) is 19.3 Å². The minimum Gasteiger partial charge on any atom is -0.333 e. The van der Waals surface area contributed by atoms with E-state index in [1.54, 1.807) is 0 Å². The second-order valence-electron chi connectivity index (χ2n) is 3.11. The fourth-order valence-electron chi connectivity index (χ4n) is 1.28. The first kappa shape index (κ1) is 10.8. The molecule has 0 aliphatic rings. The lowest BCUT2D eigenvalue weighted by atomic mass is 10.4. The van der Waals surface area contributed by atoms with E-state index in [0.717, 1.165) is 26.1 Å². The highest BCUT2D eigenvalue weighted by Crippen LogP contribution is 1.99. The molecule has 0 saturated heterocycles. The molecule has 3 heteroatoms. The molecule has 76 valence electrons. The SMILES string of the molecule is CC#CCNCc1cncn1CCC. The van der Waals surface area contributed by atoms with E-state index in [2.05, 4.69) is 33.6 Å². The number of imidazole rings is 1. The van der Waals surface area contributed by atoms with Crippen LogP contribution in [0.3, 0.4) is 0 Å². The molecule has 1 N–H and O–H groups in total. The van der Waals surface area contributed by atoms with Crippen LogP contribution < -0.4 is 5.32 Å². The normalized spacial score (nSPS) is 9.57. The first-order valence-corrected chi connectivity index (χ1v) is 4.97. The van der Waals surface area contributed by atoms with Crippen LogP contribution in [0.15, 0.2) is 12.5 Å². The van der Waals surface area contributed by atoms with Crippen molar-refractivity contribution in [1.29, 1.82) is 0 Å². The molecule has 0 aliphatic heterocycles. The highest BCUT2D eigenvalue weighted by atomic mass is 15.1. The Morgan fingerprint density at radius 1 is 1.57 bits per heavy atom. The van der Waals surface area contributed by atoms with E-state index >= 15 is 0 Å². The molecule has 0 unspecified atom stereocenters. The molecule has 0 spiro atoms. The number of aromatic nitrogens is 2. The predicted octanol–water partition coefficient (Wildman–Crippen LogP) is 1.41. The first-order chi connectivity index (χ1) is 6.88. The highest BCUT2D eigenvalue weighted by molar-refractivity contribution is 5.01. The van der Waals surface area contributed by atoms with E-state index in [0.29, 0.717) is 0 Å². The number of nitrogens with zero attached hydrogens (tertiary/aromatic N) is 2. The van der Waals surface area contributed by atoms with Crippen LogP contribution in [-0.2, 0) is 13.1 Å². The Hall–Kier alpha value is -1.27. The maximum Gasteiger partial charge on any atom is 0.0948 e. The van der Waals surface area contributed by atoms with E-state index in [-0.39, 0.29) is 0 Å². The lowest BCUT2D eigenvalue weighted by molar-refractivity contribution is 0.619. The molecule has 0 bridgehead atoms. The van der Waals surface area contributed by atoms with Crippen molar-refractivity contribution >= 4 is 0 Å². The molecule has 0 amide bonds. The van der Waals surface area contributed by atoms with Gasteiger partial charge in [-0.25, -0.2) is 4.98 Å². The van der Waals surface area contributed by atoms with Gasteiger partial charge >= 0.3 is 0 Å². The van der Waals surface area contributed by atoms with Crippen LogP contribution in [-0.4, -0.2) is 16.1 Å². The topological polar surface area (TPSA) is 29.9 Å². The van der Waals surface area contributed by atoms with Crippen molar-refractivity contribution in [1.82, 2.24) is 14.9 Å². The Kier molecular flexibility index (Phi) is 4.81. The quantitative estimate of drug-likeness (QED) is 0.563. The third kappa shape index (κ3) is 3.23. The van der Waals surface area contributed by atoms with Crippen LogP contribution in [0.4, 0.5) is 0 Å². The van der Waals surface area contributed by atoms with Gasteiger partial charge in [0.15, 0.2) is 0 Å². The van der Waals surface area contributed by atoms with Gasteiger partial charge in [-0.15, -0.1) is 5.92 Å². The summed E-state index contributed by atoms with van der Waals surface area (Å²) in [6, 6.07) is 0. The van der Waals surface area contributed by atoms with Crippen LogP contribution in [0.1, 0.15) is 26.0 Å². The molecule has 0 aromatic carbocycles. The second kappa shape index (κ2) is 6.22. The largest absolute Gasteiger partial charge is 0.333 e. The molecule has 0 saturated carbocycles. The molecule has 0 aliphatic carbocycles. The Bertz CT molecular complexity index is 317. The standard InChI is InChI=1S/C11H17N3/c1-3-5-6-12-8-11-9-13-10-14(11)7-4-2/h9-10,12H,4,6-8H2,1-2H3. The summed E-state index contributed by atoms with van der Waals surface area (Å²) in [4.78, 5) is 4.13. The molecular formula is C11H17N3. The van der Waals surface area contributed by atoms with Gasteiger partial charge in [-0.05, 0) is 13.3 Å². The average Bonchev–Trinajstić information content (AvgIpc) is 2.61. The zero-order valence-corrected chi connectivity index (χ0v) is 8.88. The second-order valence-corrected chi connectivity index (χ2v) is 3.11. The van der Waals surface area contributed by atoms with Crippen LogP contribution in [0, 0.1) is 11.8 Å². The van der Waals surface area contributed by atoms with Crippen LogP contribution in [0.2, 0.25) is 0 Å². The molecule has 1 aromatic rings. The zero-order valence-electron chi connectivity index (χ0n) is 8.88. The van der Waals surface area contributed by atoms with Gasteiger partial charge in [0.1, 0.15) is 0 Å². The van der Waals surface area contributed by atoms with Gasteiger partial charge in [0.2, 0.25) is 0 Å². The Morgan fingerprint density at radius 2 is 2.43 bits per heavy atom. The van der Waals surface area contributed by atoms with Crippen LogP contribution in [0.25, 0.3) is 0 Å². The number of rotatable bonds is 5. The molecule has 1 rings (SSSR count). The summed E-state index contributed by atoms with van der Waals surface area (Å²) in [6.07, 6.45) is 4.92. The fourth-order valence-corrected chi connectivity index (χ4v) is 1.28. The van der Waals surface area contributed by atoms with E-state index in [1.807, 2.05) is 19.4 Å². The maximum atomic E-state index is 4.13. The first-order valence-electron chi connectivity index (χ1n) is 4.97. The van der Waals surface area contributed by atoms with Crippen LogP contribution >= 0.6 is 0 Å².